The summed E-state index contributed by atoms with van der Waals surface area (Å²) in [6.45, 7) is 3.57. The van der Waals surface area contributed by atoms with E-state index in [0.29, 0.717) is 6.04 Å². The van der Waals surface area contributed by atoms with Crippen molar-refractivity contribution in [2.24, 2.45) is 29.4 Å². The summed E-state index contributed by atoms with van der Waals surface area (Å²) in [6.07, 6.45) is 6.80. The first kappa shape index (κ1) is 11.5. The first-order valence-electron chi connectivity index (χ1n) is 7.06. The van der Waals surface area contributed by atoms with Crippen molar-refractivity contribution in [3.05, 3.63) is 0 Å². The highest BCUT2D eigenvalue weighted by molar-refractivity contribution is 5.85. The number of amides is 1. The van der Waals surface area contributed by atoms with E-state index >= 15 is 0 Å². The van der Waals surface area contributed by atoms with Gasteiger partial charge in [0, 0.05) is 6.04 Å². The van der Waals surface area contributed by atoms with Crippen LogP contribution in [0, 0.1) is 23.7 Å². The molecule has 3 rings (SSSR count). The molecule has 0 radical (unpaired) electrons. The maximum absolute atomic E-state index is 12.0. The molecule has 0 spiro atoms. The SMILES string of the molecule is CC(C)(N)C(=O)NC1CC2CC1C1CCCC21. The van der Waals surface area contributed by atoms with E-state index in [1.54, 1.807) is 13.8 Å². The Bertz CT molecular complexity index is 334. The van der Waals surface area contributed by atoms with Crippen LogP contribution in [0.5, 0.6) is 0 Å². The third kappa shape index (κ3) is 1.79. The van der Waals surface area contributed by atoms with Crippen LogP contribution in [-0.2, 0) is 4.79 Å². The van der Waals surface area contributed by atoms with Gasteiger partial charge >= 0.3 is 0 Å². The Hall–Kier alpha value is -0.570. The molecule has 3 saturated carbocycles. The van der Waals surface area contributed by atoms with Gasteiger partial charge in [-0.3, -0.25) is 4.79 Å². The predicted octanol–water partition coefficient (Wildman–Crippen LogP) is 1.66. The van der Waals surface area contributed by atoms with Crippen LogP contribution in [0.1, 0.15) is 46.0 Å². The number of nitrogens with two attached hydrogens (primary N) is 1. The molecule has 3 fully saturated rings. The number of nitrogens with one attached hydrogen (secondary N) is 1. The Kier molecular flexibility index (Phi) is 2.51. The summed E-state index contributed by atoms with van der Waals surface area (Å²) >= 11 is 0. The van der Waals surface area contributed by atoms with E-state index in [4.69, 9.17) is 5.73 Å². The maximum atomic E-state index is 12.0. The molecular formula is C14H24N2O. The molecule has 3 heteroatoms. The minimum absolute atomic E-state index is 0.0181. The average molecular weight is 236 g/mol. The molecule has 1 amide bonds. The van der Waals surface area contributed by atoms with Crippen LogP contribution in [0.3, 0.4) is 0 Å². The van der Waals surface area contributed by atoms with Gasteiger partial charge in [-0.2, -0.15) is 0 Å². The molecule has 0 saturated heterocycles. The van der Waals surface area contributed by atoms with Gasteiger partial charge in [0.1, 0.15) is 0 Å². The molecule has 0 aromatic rings. The lowest BCUT2D eigenvalue weighted by Crippen LogP contribution is -2.54. The maximum Gasteiger partial charge on any atom is 0.239 e. The zero-order valence-electron chi connectivity index (χ0n) is 10.9. The van der Waals surface area contributed by atoms with E-state index in [1.165, 1.54) is 32.1 Å². The normalized spacial score (nSPS) is 43.8. The summed E-state index contributed by atoms with van der Waals surface area (Å²) in [5, 5.41) is 3.20. The van der Waals surface area contributed by atoms with E-state index < -0.39 is 5.54 Å². The number of hydrogen-bond acceptors (Lipinski definition) is 2. The summed E-state index contributed by atoms with van der Waals surface area (Å²) in [5.41, 5.74) is 5.11. The van der Waals surface area contributed by atoms with Crippen molar-refractivity contribution in [2.75, 3.05) is 0 Å². The molecule has 0 aliphatic heterocycles. The van der Waals surface area contributed by atoms with Crippen LogP contribution >= 0.6 is 0 Å². The topological polar surface area (TPSA) is 55.1 Å². The molecule has 3 N–H and O–H groups in total. The molecule has 3 aliphatic rings. The highest BCUT2D eigenvalue weighted by Gasteiger charge is 2.54. The van der Waals surface area contributed by atoms with Crippen molar-refractivity contribution in [3.8, 4) is 0 Å². The lowest BCUT2D eigenvalue weighted by atomic mass is 9.79. The lowest BCUT2D eigenvalue weighted by Gasteiger charge is -2.33. The van der Waals surface area contributed by atoms with Crippen molar-refractivity contribution in [1.29, 1.82) is 0 Å². The second kappa shape index (κ2) is 3.71. The predicted molar refractivity (Wildman–Crippen MR) is 67.2 cm³/mol. The number of carbonyl (C=O) groups excluding carboxylic acids is 1. The fraction of sp³-hybridized carbons (Fsp3) is 0.929. The van der Waals surface area contributed by atoms with Gasteiger partial charge in [0.2, 0.25) is 5.91 Å². The van der Waals surface area contributed by atoms with Crippen LogP contribution in [0.25, 0.3) is 0 Å². The van der Waals surface area contributed by atoms with Crippen LogP contribution in [0.2, 0.25) is 0 Å². The van der Waals surface area contributed by atoms with Gasteiger partial charge in [0.05, 0.1) is 5.54 Å². The summed E-state index contributed by atoms with van der Waals surface area (Å²) in [5.74, 6) is 3.54. The lowest BCUT2D eigenvalue weighted by molar-refractivity contribution is -0.126. The van der Waals surface area contributed by atoms with E-state index in [1.807, 2.05) is 0 Å². The summed E-state index contributed by atoms with van der Waals surface area (Å²) < 4.78 is 0. The van der Waals surface area contributed by atoms with Crippen LogP contribution in [0.15, 0.2) is 0 Å². The minimum atomic E-state index is -0.739. The van der Waals surface area contributed by atoms with Crippen LogP contribution in [0.4, 0.5) is 0 Å². The molecule has 2 bridgehead atoms. The molecule has 0 aromatic carbocycles. The number of carbonyl (C=O) groups is 1. The Morgan fingerprint density at radius 2 is 1.88 bits per heavy atom. The standard InChI is InChI=1S/C14H24N2O/c1-14(2,15)13(17)16-12-7-8-6-11(12)10-5-3-4-9(8)10/h8-12H,3-7,15H2,1-2H3,(H,16,17). The van der Waals surface area contributed by atoms with Gasteiger partial charge in [0.15, 0.2) is 0 Å². The molecule has 96 valence electrons. The third-order valence-corrected chi connectivity index (χ3v) is 5.33. The summed E-state index contributed by atoms with van der Waals surface area (Å²) in [7, 11) is 0. The smallest absolute Gasteiger partial charge is 0.239 e. The third-order valence-electron chi connectivity index (χ3n) is 5.33. The number of rotatable bonds is 2. The molecule has 0 heterocycles. The largest absolute Gasteiger partial charge is 0.351 e. The molecule has 3 nitrogen and oxygen atoms in total. The van der Waals surface area contributed by atoms with Gasteiger partial charge in [-0.05, 0) is 63.2 Å². The van der Waals surface area contributed by atoms with E-state index in [2.05, 4.69) is 5.32 Å². The van der Waals surface area contributed by atoms with E-state index in [9.17, 15) is 4.79 Å². The molecule has 5 atom stereocenters. The number of hydrogen-bond donors (Lipinski definition) is 2. The van der Waals surface area contributed by atoms with Gasteiger partial charge in [0.25, 0.3) is 0 Å². The van der Waals surface area contributed by atoms with Crippen molar-refractivity contribution in [2.45, 2.75) is 57.5 Å². The van der Waals surface area contributed by atoms with Gasteiger partial charge in [-0.15, -0.1) is 0 Å². The highest BCUT2D eigenvalue weighted by Crippen LogP contribution is 2.58. The first-order valence-corrected chi connectivity index (χ1v) is 7.06. The quantitative estimate of drug-likeness (QED) is 0.766. The molecule has 3 aliphatic carbocycles. The molecular weight excluding hydrogens is 212 g/mol. The monoisotopic (exact) mass is 236 g/mol. The minimum Gasteiger partial charge on any atom is -0.351 e. The first-order chi connectivity index (χ1) is 7.97. The van der Waals surface area contributed by atoms with E-state index in [0.717, 1.165) is 23.7 Å². The van der Waals surface area contributed by atoms with Crippen molar-refractivity contribution < 1.29 is 4.79 Å². The van der Waals surface area contributed by atoms with Crippen LogP contribution in [-0.4, -0.2) is 17.5 Å². The number of fused-ring (bicyclic) bond motifs is 5. The Morgan fingerprint density at radius 1 is 1.18 bits per heavy atom. The second-order valence-corrected chi connectivity index (χ2v) is 6.96. The Balaban J connectivity index is 1.66. The Labute approximate surface area is 104 Å². The fourth-order valence-corrected chi connectivity index (χ4v) is 4.59. The summed E-state index contributed by atoms with van der Waals surface area (Å²) in [4.78, 5) is 12.0. The zero-order valence-corrected chi connectivity index (χ0v) is 10.9. The van der Waals surface area contributed by atoms with Crippen molar-refractivity contribution >= 4 is 5.91 Å². The van der Waals surface area contributed by atoms with Gasteiger partial charge < -0.3 is 11.1 Å². The van der Waals surface area contributed by atoms with Gasteiger partial charge in [-0.1, -0.05) is 6.42 Å². The van der Waals surface area contributed by atoms with Crippen molar-refractivity contribution in [1.82, 2.24) is 5.32 Å². The molecule has 0 aromatic heterocycles. The van der Waals surface area contributed by atoms with E-state index in [-0.39, 0.29) is 5.91 Å². The highest BCUT2D eigenvalue weighted by atomic mass is 16.2. The fourth-order valence-electron chi connectivity index (χ4n) is 4.59. The van der Waals surface area contributed by atoms with Crippen molar-refractivity contribution in [3.63, 3.8) is 0 Å². The zero-order chi connectivity index (χ0) is 12.2. The average Bonchev–Trinajstić information content (AvgIpc) is 2.85. The van der Waals surface area contributed by atoms with Crippen LogP contribution < -0.4 is 11.1 Å². The second-order valence-electron chi connectivity index (χ2n) is 6.96. The molecule has 17 heavy (non-hydrogen) atoms. The Morgan fingerprint density at radius 3 is 2.59 bits per heavy atom. The summed E-state index contributed by atoms with van der Waals surface area (Å²) in [6, 6.07) is 0.412. The van der Waals surface area contributed by atoms with Gasteiger partial charge in [-0.25, -0.2) is 0 Å². The molecule has 5 unspecified atom stereocenters.